The van der Waals surface area contributed by atoms with Crippen LogP contribution in [-0.2, 0) is 11.8 Å². The second-order valence-corrected chi connectivity index (χ2v) is 7.26. The third kappa shape index (κ3) is 5.15. The molecule has 1 N–H and O–H groups in total. The first-order valence-electron chi connectivity index (χ1n) is 8.59. The summed E-state index contributed by atoms with van der Waals surface area (Å²) in [4.78, 5) is 22.8. The predicted octanol–water partition coefficient (Wildman–Crippen LogP) is 4.28. The van der Waals surface area contributed by atoms with Crippen LogP contribution in [-0.4, -0.2) is 26.4 Å². The Morgan fingerprint density at radius 1 is 1.46 bits per heavy atom. The molecular formula is C19H23FN4O4. The molecule has 0 saturated heterocycles. The second-order valence-electron chi connectivity index (χ2n) is 7.26. The van der Waals surface area contributed by atoms with E-state index in [2.05, 4.69) is 17.0 Å². The summed E-state index contributed by atoms with van der Waals surface area (Å²) < 4.78 is 20.9. The average molecular weight is 390 g/mol. The van der Waals surface area contributed by atoms with E-state index in [4.69, 9.17) is 4.74 Å². The van der Waals surface area contributed by atoms with E-state index in [0.717, 1.165) is 6.20 Å². The van der Waals surface area contributed by atoms with Crippen LogP contribution in [0.4, 0.5) is 14.9 Å². The van der Waals surface area contributed by atoms with Crippen LogP contribution in [0.25, 0.3) is 11.3 Å². The van der Waals surface area contributed by atoms with Crippen LogP contribution in [0.2, 0.25) is 0 Å². The van der Waals surface area contributed by atoms with Gasteiger partial charge in [-0.05, 0) is 51.0 Å². The maximum absolute atomic E-state index is 14.3. The van der Waals surface area contributed by atoms with Crippen LogP contribution < -0.4 is 5.32 Å². The fraction of sp³-hybridized carbons (Fsp3) is 0.368. The molecule has 1 heterocycles. The van der Waals surface area contributed by atoms with Crippen molar-refractivity contribution in [1.82, 2.24) is 15.1 Å². The highest BCUT2D eigenvalue weighted by molar-refractivity contribution is 5.71. The van der Waals surface area contributed by atoms with Gasteiger partial charge in [-0.25, -0.2) is 9.18 Å². The normalized spacial score (nSPS) is 12.3. The van der Waals surface area contributed by atoms with Gasteiger partial charge in [0.15, 0.2) is 0 Å². The molecule has 0 bridgehead atoms. The Morgan fingerprint density at radius 2 is 2.14 bits per heavy atom. The lowest BCUT2D eigenvalue weighted by atomic mass is 9.99. The minimum atomic E-state index is -0.689. The Balaban J connectivity index is 2.44. The van der Waals surface area contributed by atoms with E-state index in [1.165, 1.54) is 23.9 Å². The van der Waals surface area contributed by atoms with E-state index < -0.39 is 28.5 Å². The number of ether oxygens (including phenoxy) is 1. The number of aryl methyl sites for hydroxylation is 1. The molecule has 0 radical (unpaired) electrons. The number of nitrogens with zero attached hydrogens (tertiary/aromatic N) is 3. The molecule has 0 aliphatic carbocycles. The summed E-state index contributed by atoms with van der Waals surface area (Å²) in [5, 5.41) is 17.8. The van der Waals surface area contributed by atoms with Crippen molar-refractivity contribution in [2.75, 3.05) is 0 Å². The Morgan fingerprint density at radius 3 is 2.71 bits per heavy atom. The third-order valence-corrected chi connectivity index (χ3v) is 3.81. The smallest absolute Gasteiger partial charge is 0.408 e. The number of benzene rings is 1. The summed E-state index contributed by atoms with van der Waals surface area (Å²) in [6.45, 7) is 8.86. The zero-order chi connectivity index (χ0) is 21.1. The van der Waals surface area contributed by atoms with Crippen LogP contribution >= 0.6 is 0 Å². The molecule has 0 spiro atoms. The van der Waals surface area contributed by atoms with Gasteiger partial charge in [0.25, 0.3) is 0 Å². The zero-order valence-electron chi connectivity index (χ0n) is 16.2. The number of nitro groups is 1. The Hall–Kier alpha value is -3.23. The molecule has 1 atom stereocenters. The maximum Gasteiger partial charge on any atom is 0.408 e. The van der Waals surface area contributed by atoms with Crippen LogP contribution in [0.5, 0.6) is 0 Å². The standard InChI is InChI=1S/C19H23FN4O4/c1-6-7-15(22-18(25)28-19(2,3)4)12-8-13(10-14(20)9-12)17-16(24(26)27)11-21-23(17)5/h6,8-11,15H,1,7H2,2-5H3,(H,22,25). The number of alkyl carbamates (subject to hydrolysis) is 1. The minimum Gasteiger partial charge on any atom is -0.444 e. The van der Waals surface area contributed by atoms with Gasteiger partial charge in [-0.1, -0.05) is 6.08 Å². The van der Waals surface area contributed by atoms with Crippen LogP contribution in [0.3, 0.4) is 0 Å². The van der Waals surface area contributed by atoms with Crippen molar-refractivity contribution in [3.05, 3.63) is 58.5 Å². The van der Waals surface area contributed by atoms with E-state index in [1.54, 1.807) is 32.9 Å². The lowest BCUT2D eigenvalue weighted by molar-refractivity contribution is -0.384. The van der Waals surface area contributed by atoms with Crippen molar-refractivity contribution < 1.29 is 18.8 Å². The first kappa shape index (κ1) is 21.1. The van der Waals surface area contributed by atoms with E-state index in [-0.39, 0.29) is 16.9 Å². The zero-order valence-corrected chi connectivity index (χ0v) is 16.2. The molecule has 28 heavy (non-hydrogen) atoms. The van der Waals surface area contributed by atoms with Crippen molar-refractivity contribution in [2.45, 2.75) is 38.8 Å². The molecule has 0 fully saturated rings. The highest BCUT2D eigenvalue weighted by Gasteiger charge is 2.24. The van der Waals surface area contributed by atoms with Crippen LogP contribution in [0.1, 0.15) is 38.8 Å². The van der Waals surface area contributed by atoms with Gasteiger partial charge in [0, 0.05) is 12.6 Å². The summed E-state index contributed by atoms with van der Waals surface area (Å²) in [5.41, 5.74) is -0.0524. The van der Waals surface area contributed by atoms with Gasteiger partial charge >= 0.3 is 11.8 Å². The molecule has 0 aliphatic rings. The number of nitrogens with one attached hydrogen (secondary N) is 1. The molecule has 0 saturated carbocycles. The van der Waals surface area contributed by atoms with E-state index >= 15 is 0 Å². The number of halogens is 1. The number of amides is 1. The fourth-order valence-corrected chi connectivity index (χ4v) is 2.74. The van der Waals surface area contributed by atoms with Crippen molar-refractivity contribution in [3.8, 4) is 11.3 Å². The van der Waals surface area contributed by atoms with Crippen LogP contribution in [0.15, 0.2) is 37.1 Å². The summed E-state index contributed by atoms with van der Waals surface area (Å²) in [5.74, 6) is -0.594. The van der Waals surface area contributed by atoms with Gasteiger partial charge in [-0.3, -0.25) is 14.8 Å². The molecule has 0 aliphatic heterocycles. The number of carbonyl (C=O) groups is 1. The largest absolute Gasteiger partial charge is 0.444 e. The van der Waals surface area contributed by atoms with Gasteiger partial charge in [-0.2, -0.15) is 5.10 Å². The monoisotopic (exact) mass is 390 g/mol. The summed E-state index contributed by atoms with van der Waals surface area (Å²) in [6, 6.07) is 3.41. The number of hydrogen-bond donors (Lipinski definition) is 1. The molecule has 1 aromatic carbocycles. The Labute approximate surface area is 162 Å². The van der Waals surface area contributed by atoms with Gasteiger partial charge in [0.1, 0.15) is 23.3 Å². The molecule has 9 heteroatoms. The molecule has 150 valence electrons. The highest BCUT2D eigenvalue weighted by Crippen LogP contribution is 2.32. The number of carbonyl (C=O) groups excluding carboxylic acids is 1. The summed E-state index contributed by atoms with van der Waals surface area (Å²) in [6.07, 6.45) is 2.35. The SMILES string of the molecule is C=CCC(NC(=O)OC(C)(C)C)c1cc(F)cc(-c2c([N+](=O)[O-])cnn2C)c1. The molecule has 2 rings (SSSR count). The van der Waals surface area contributed by atoms with Gasteiger partial charge in [0.05, 0.1) is 11.0 Å². The lowest BCUT2D eigenvalue weighted by Crippen LogP contribution is -2.34. The summed E-state index contributed by atoms with van der Waals surface area (Å²) >= 11 is 0. The quantitative estimate of drug-likeness (QED) is 0.451. The first-order chi connectivity index (χ1) is 13.0. The van der Waals surface area contributed by atoms with Gasteiger partial charge < -0.3 is 10.1 Å². The van der Waals surface area contributed by atoms with Crippen molar-refractivity contribution in [2.24, 2.45) is 7.05 Å². The minimum absolute atomic E-state index is 0.167. The van der Waals surface area contributed by atoms with Crippen molar-refractivity contribution in [1.29, 1.82) is 0 Å². The van der Waals surface area contributed by atoms with Crippen molar-refractivity contribution >= 4 is 11.8 Å². The molecule has 1 amide bonds. The highest BCUT2D eigenvalue weighted by atomic mass is 19.1. The molecule has 1 unspecified atom stereocenters. The number of rotatable bonds is 6. The predicted molar refractivity (Wildman–Crippen MR) is 102 cm³/mol. The van der Waals surface area contributed by atoms with E-state index in [0.29, 0.717) is 12.0 Å². The molecule has 1 aromatic heterocycles. The second kappa shape index (κ2) is 8.20. The van der Waals surface area contributed by atoms with Crippen molar-refractivity contribution in [3.63, 3.8) is 0 Å². The average Bonchev–Trinajstić information content (AvgIpc) is 2.94. The van der Waals surface area contributed by atoms with Gasteiger partial charge in [-0.15, -0.1) is 6.58 Å². The number of aromatic nitrogens is 2. The lowest BCUT2D eigenvalue weighted by Gasteiger charge is -2.23. The summed E-state index contributed by atoms with van der Waals surface area (Å²) in [7, 11) is 1.53. The topological polar surface area (TPSA) is 99.3 Å². The van der Waals surface area contributed by atoms with Crippen LogP contribution in [0, 0.1) is 15.9 Å². The molecule has 2 aromatic rings. The fourth-order valence-electron chi connectivity index (χ4n) is 2.74. The first-order valence-corrected chi connectivity index (χ1v) is 8.59. The number of hydrogen-bond acceptors (Lipinski definition) is 5. The van der Waals surface area contributed by atoms with Gasteiger partial charge in [0.2, 0.25) is 0 Å². The maximum atomic E-state index is 14.3. The molecular weight excluding hydrogens is 367 g/mol. The Kier molecular flexibility index (Phi) is 6.17. The van der Waals surface area contributed by atoms with E-state index in [1.807, 2.05) is 0 Å². The molecule has 8 nitrogen and oxygen atoms in total. The third-order valence-electron chi connectivity index (χ3n) is 3.81. The Bertz CT molecular complexity index is 902. The van der Waals surface area contributed by atoms with E-state index in [9.17, 15) is 19.3 Å².